The first-order valence-electron chi connectivity index (χ1n) is 4.48. The molecule has 0 atom stereocenters. The molecule has 0 amide bonds. The predicted octanol–water partition coefficient (Wildman–Crippen LogP) is 1.87. The molecule has 0 saturated carbocycles. The van der Waals surface area contributed by atoms with E-state index < -0.39 is 0 Å². The number of halogens is 1. The van der Waals surface area contributed by atoms with Gasteiger partial charge in [-0.15, -0.1) is 0 Å². The van der Waals surface area contributed by atoms with Crippen LogP contribution in [0.25, 0.3) is 0 Å². The molecule has 0 spiro atoms. The number of benzene rings is 1. The average molecular weight is 292 g/mol. The molecular weight excluding hydrogens is 278 g/mol. The maximum atomic E-state index is 5.26. The van der Waals surface area contributed by atoms with Crippen LogP contribution in [0.1, 0.15) is 5.56 Å². The number of hydrogen-bond donors (Lipinski definition) is 1. The minimum absolute atomic E-state index is 0.169. The summed E-state index contributed by atoms with van der Waals surface area (Å²) < 4.78 is 16.5. The monoisotopic (exact) mass is 291 g/mol. The Hall–Kier alpha value is -0.980. The highest BCUT2D eigenvalue weighted by Gasteiger charge is 2.19. The van der Waals surface area contributed by atoms with Crippen LogP contribution in [0.4, 0.5) is 0 Å². The molecule has 0 radical (unpaired) electrons. The van der Waals surface area contributed by atoms with Gasteiger partial charge in [-0.1, -0.05) is 0 Å². The van der Waals surface area contributed by atoms with Gasteiger partial charge >= 0.3 is 0 Å². The van der Waals surface area contributed by atoms with Gasteiger partial charge in [0, 0.05) is 6.07 Å². The SMILES string of the molecule is COc1cc(Br)c(OC)c(CON)c1OC. The van der Waals surface area contributed by atoms with E-state index in [-0.39, 0.29) is 6.61 Å². The maximum absolute atomic E-state index is 5.26. The molecule has 0 aliphatic rings. The number of hydrogen-bond acceptors (Lipinski definition) is 5. The topological polar surface area (TPSA) is 62.9 Å². The third kappa shape index (κ3) is 2.40. The first-order valence-corrected chi connectivity index (χ1v) is 5.27. The van der Waals surface area contributed by atoms with Crippen LogP contribution in [0, 0.1) is 0 Å². The summed E-state index contributed by atoms with van der Waals surface area (Å²) in [7, 11) is 4.67. The molecule has 1 rings (SSSR count). The van der Waals surface area contributed by atoms with Gasteiger partial charge in [0.15, 0.2) is 11.5 Å². The van der Waals surface area contributed by atoms with Crippen molar-refractivity contribution < 1.29 is 19.0 Å². The smallest absolute Gasteiger partial charge is 0.170 e. The largest absolute Gasteiger partial charge is 0.495 e. The molecule has 0 aliphatic carbocycles. The molecule has 0 aliphatic heterocycles. The normalized spacial score (nSPS) is 10.1. The minimum Gasteiger partial charge on any atom is -0.495 e. The van der Waals surface area contributed by atoms with E-state index in [4.69, 9.17) is 20.1 Å². The molecule has 2 N–H and O–H groups in total. The average Bonchev–Trinajstić information content (AvgIpc) is 2.29. The van der Waals surface area contributed by atoms with Crippen molar-refractivity contribution in [1.29, 1.82) is 0 Å². The van der Waals surface area contributed by atoms with Gasteiger partial charge in [0.25, 0.3) is 0 Å². The van der Waals surface area contributed by atoms with Gasteiger partial charge in [0.05, 0.1) is 31.4 Å². The van der Waals surface area contributed by atoms with Crippen LogP contribution in [0.5, 0.6) is 17.2 Å². The summed E-state index contributed by atoms with van der Waals surface area (Å²) in [5.41, 5.74) is 0.693. The van der Waals surface area contributed by atoms with Crippen molar-refractivity contribution in [2.45, 2.75) is 6.61 Å². The maximum Gasteiger partial charge on any atom is 0.170 e. The Balaban J connectivity index is 3.40. The Bertz CT molecular complexity index is 370. The van der Waals surface area contributed by atoms with Crippen LogP contribution in [0.15, 0.2) is 10.5 Å². The molecule has 6 heteroatoms. The van der Waals surface area contributed by atoms with Gasteiger partial charge in [-0.05, 0) is 15.9 Å². The third-order valence-electron chi connectivity index (χ3n) is 2.10. The molecule has 0 aromatic heterocycles. The second kappa shape index (κ2) is 5.93. The molecule has 90 valence electrons. The Morgan fingerprint density at radius 2 is 1.75 bits per heavy atom. The summed E-state index contributed by atoms with van der Waals surface area (Å²) in [6, 6.07) is 1.76. The lowest BCUT2D eigenvalue weighted by molar-refractivity contribution is 0.119. The molecule has 5 nitrogen and oxygen atoms in total. The van der Waals surface area contributed by atoms with Gasteiger partial charge < -0.3 is 14.2 Å². The highest BCUT2D eigenvalue weighted by Crippen LogP contribution is 2.42. The summed E-state index contributed by atoms with van der Waals surface area (Å²) in [5, 5.41) is 0. The lowest BCUT2D eigenvalue weighted by atomic mass is 10.1. The summed E-state index contributed by atoms with van der Waals surface area (Å²) >= 11 is 3.38. The summed E-state index contributed by atoms with van der Waals surface area (Å²) in [6.45, 7) is 0.169. The van der Waals surface area contributed by atoms with Crippen molar-refractivity contribution in [2.24, 2.45) is 5.90 Å². The molecule has 0 bridgehead atoms. The van der Waals surface area contributed by atoms with Crippen molar-refractivity contribution in [3.05, 3.63) is 16.1 Å². The van der Waals surface area contributed by atoms with E-state index in [9.17, 15) is 0 Å². The van der Waals surface area contributed by atoms with E-state index in [1.807, 2.05) is 0 Å². The van der Waals surface area contributed by atoms with Crippen molar-refractivity contribution in [3.63, 3.8) is 0 Å². The molecule has 0 heterocycles. The van der Waals surface area contributed by atoms with Crippen LogP contribution in [0.2, 0.25) is 0 Å². The first kappa shape index (κ1) is 13.1. The fourth-order valence-electron chi connectivity index (χ4n) is 1.45. The highest BCUT2D eigenvalue weighted by molar-refractivity contribution is 9.10. The molecule has 0 unspecified atom stereocenters. The molecule has 0 fully saturated rings. The van der Waals surface area contributed by atoms with E-state index in [1.54, 1.807) is 27.4 Å². The van der Waals surface area contributed by atoms with Gasteiger partial charge in [-0.25, -0.2) is 5.90 Å². The van der Waals surface area contributed by atoms with Crippen molar-refractivity contribution in [2.75, 3.05) is 21.3 Å². The molecule has 16 heavy (non-hydrogen) atoms. The fraction of sp³-hybridized carbons (Fsp3) is 0.400. The Labute approximate surface area is 103 Å². The van der Waals surface area contributed by atoms with Crippen molar-refractivity contribution in [3.8, 4) is 17.2 Å². The summed E-state index contributed by atoms with van der Waals surface area (Å²) in [5.74, 6) is 6.83. The van der Waals surface area contributed by atoms with Crippen LogP contribution in [-0.2, 0) is 11.4 Å². The summed E-state index contributed by atoms with van der Waals surface area (Å²) in [4.78, 5) is 4.63. The van der Waals surface area contributed by atoms with E-state index in [2.05, 4.69) is 20.8 Å². The Morgan fingerprint density at radius 3 is 2.19 bits per heavy atom. The zero-order valence-electron chi connectivity index (χ0n) is 9.37. The van der Waals surface area contributed by atoms with E-state index in [1.165, 1.54) is 0 Å². The number of rotatable bonds is 5. The van der Waals surface area contributed by atoms with Gasteiger partial charge in [0.1, 0.15) is 12.4 Å². The fourth-order valence-corrected chi connectivity index (χ4v) is 2.06. The van der Waals surface area contributed by atoms with E-state index in [0.29, 0.717) is 22.8 Å². The quantitative estimate of drug-likeness (QED) is 0.839. The Morgan fingerprint density at radius 1 is 1.12 bits per heavy atom. The number of ether oxygens (including phenoxy) is 3. The zero-order chi connectivity index (χ0) is 12.1. The van der Waals surface area contributed by atoms with Gasteiger partial charge in [-0.3, -0.25) is 4.84 Å². The Kier molecular flexibility index (Phi) is 4.85. The van der Waals surface area contributed by atoms with Gasteiger partial charge in [-0.2, -0.15) is 0 Å². The molecular formula is C10H14BrNO4. The second-order valence-electron chi connectivity index (χ2n) is 2.92. The second-order valence-corrected chi connectivity index (χ2v) is 3.77. The number of nitrogens with two attached hydrogens (primary N) is 1. The lowest BCUT2D eigenvalue weighted by Crippen LogP contribution is -2.05. The third-order valence-corrected chi connectivity index (χ3v) is 2.69. The van der Waals surface area contributed by atoms with Crippen LogP contribution in [0.3, 0.4) is 0 Å². The standard InChI is InChI=1S/C10H14BrNO4/c1-13-8-4-7(11)9(14-2)6(5-16-12)10(8)15-3/h4H,5,12H2,1-3H3. The van der Waals surface area contributed by atoms with Crippen LogP contribution >= 0.6 is 15.9 Å². The molecule has 1 aromatic rings. The molecule has 1 aromatic carbocycles. The van der Waals surface area contributed by atoms with Crippen molar-refractivity contribution in [1.82, 2.24) is 0 Å². The zero-order valence-corrected chi connectivity index (χ0v) is 11.0. The minimum atomic E-state index is 0.169. The van der Waals surface area contributed by atoms with E-state index in [0.717, 1.165) is 4.47 Å². The summed E-state index contributed by atoms with van der Waals surface area (Å²) in [6.07, 6.45) is 0. The predicted molar refractivity (Wildman–Crippen MR) is 62.8 cm³/mol. The van der Waals surface area contributed by atoms with E-state index >= 15 is 0 Å². The van der Waals surface area contributed by atoms with Crippen LogP contribution < -0.4 is 20.1 Å². The highest BCUT2D eigenvalue weighted by atomic mass is 79.9. The van der Waals surface area contributed by atoms with Crippen LogP contribution in [-0.4, -0.2) is 21.3 Å². The lowest BCUT2D eigenvalue weighted by Gasteiger charge is -2.16. The van der Waals surface area contributed by atoms with Crippen molar-refractivity contribution >= 4 is 15.9 Å². The first-order chi connectivity index (χ1) is 7.69. The molecule has 0 saturated heterocycles. The van der Waals surface area contributed by atoms with Gasteiger partial charge in [0.2, 0.25) is 0 Å². The number of methoxy groups -OCH3 is 3.